The van der Waals surface area contributed by atoms with E-state index in [2.05, 4.69) is 31.3 Å². The summed E-state index contributed by atoms with van der Waals surface area (Å²) in [4.78, 5) is 24.5. The van der Waals surface area contributed by atoms with Crippen molar-refractivity contribution >= 4 is 11.9 Å². The molecule has 0 heterocycles. The molecule has 83 heavy (non-hydrogen) atoms. The van der Waals surface area contributed by atoms with Gasteiger partial charge in [-0.1, -0.05) is 385 Å². The van der Waals surface area contributed by atoms with Crippen LogP contribution in [0.1, 0.15) is 431 Å². The first-order valence-electron chi connectivity index (χ1n) is 38.1. The molecule has 1 amide bonds. The Morgan fingerprint density at radius 1 is 0.325 bits per heavy atom. The highest BCUT2D eigenvalue weighted by molar-refractivity contribution is 5.76. The van der Waals surface area contributed by atoms with E-state index in [1.165, 1.54) is 366 Å². The summed E-state index contributed by atoms with van der Waals surface area (Å²) in [5.74, 6) is -0.0367. The first-order valence-corrected chi connectivity index (χ1v) is 38.1. The largest absolute Gasteiger partial charge is 0.466 e. The molecule has 0 aliphatic rings. The Morgan fingerprint density at radius 3 is 0.855 bits per heavy atom. The van der Waals surface area contributed by atoms with E-state index in [0.29, 0.717) is 19.4 Å². The standard InChI is InChI=1S/C77H149NO5/c1-3-5-7-9-11-13-15-17-46-49-53-57-61-65-69-75(80)74(73-79)78-76(81)70-66-62-58-54-50-47-43-41-39-37-35-33-31-29-27-25-23-21-19-18-20-22-24-26-28-30-32-34-36-38-40-42-44-48-52-56-60-64-68-72-83-77(82)71-67-63-59-55-51-45-16-14-12-10-8-6-4-2/h18-19,65,69,74-75,79-80H,3-17,20-64,66-68,70-73H2,1-2H3,(H,78,81)/b19-18-,69-65+. The van der Waals surface area contributed by atoms with Gasteiger partial charge in [0.15, 0.2) is 0 Å². The Labute approximate surface area is 520 Å². The first-order chi connectivity index (χ1) is 41.0. The smallest absolute Gasteiger partial charge is 0.305 e. The van der Waals surface area contributed by atoms with Crippen molar-refractivity contribution in [2.24, 2.45) is 0 Å². The lowest BCUT2D eigenvalue weighted by molar-refractivity contribution is -0.143. The normalized spacial score (nSPS) is 12.6. The average molecular weight is 1170 g/mol. The highest BCUT2D eigenvalue weighted by Gasteiger charge is 2.18. The fourth-order valence-electron chi connectivity index (χ4n) is 12.2. The molecule has 0 spiro atoms. The fraction of sp³-hybridized carbons (Fsp3) is 0.922. The zero-order valence-corrected chi connectivity index (χ0v) is 56.5. The Bertz CT molecular complexity index is 1300. The topological polar surface area (TPSA) is 95.9 Å². The third-order valence-corrected chi connectivity index (χ3v) is 18.0. The van der Waals surface area contributed by atoms with Crippen LogP contribution < -0.4 is 5.32 Å². The monoisotopic (exact) mass is 1170 g/mol. The van der Waals surface area contributed by atoms with E-state index in [9.17, 15) is 19.8 Å². The van der Waals surface area contributed by atoms with Crippen molar-refractivity contribution in [3.05, 3.63) is 24.3 Å². The number of allylic oxidation sites excluding steroid dienone is 3. The van der Waals surface area contributed by atoms with Gasteiger partial charge >= 0.3 is 5.97 Å². The van der Waals surface area contributed by atoms with Crippen molar-refractivity contribution in [1.29, 1.82) is 0 Å². The third-order valence-electron chi connectivity index (χ3n) is 18.0. The zero-order chi connectivity index (χ0) is 59.9. The van der Waals surface area contributed by atoms with Crippen LogP contribution in [0.5, 0.6) is 0 Å². The van der Waals surface area contributed by atoms with Crippen LogP contribution in [0.15, 0.2) is 24.3 Å². The minimum absolute atomic E-state index is 0.0245. The van der Waals surface area contributed by atoms with Gasteiger partial charge in [-0.3, -0.25) is 9.59 Å². The van der Waals surface area contributed by atoms with Gasteiger partial charge in [0, 0.05) is 12.8 Å². The van der Waals surface area contributed by atoms with E-state index < -0.39 is 12.1 Å². The molecular formula is C77H149NO5. The molecule has 0 aromatic heterocycles. The number of aliphatic hydroxyl groups excluding tert-OH is 2. The quantitative estimate of drug-likeness (QED) is 0.0320. The lowest BCUT2D eigenvalue weighted by Gasteiger charge is -2.20. The maximum absolute atomic E-state index is 12.5. The number of esters is 1. The van der Waals surface area contributed by atoms with Gasteiger partial charge in [-0.05, 0) is 57.8 Å². The summed E-state index contributed by atoms with van der Waals surface area (Å²) in [5.41, 5.74) is 0. The van der Waals surface area contributed by atoms with Crippen molar-refractivity contribution in [2.75, 3.05) is 13.2 Å². The summed E-state index contributed by atoms with van der Waals surface area (Å²) in [6.07, 6.45) is 93.0. The molecule has 0 fully saturated rings. The third kappa shape index (κ3) is 69.3. The van der Waals surface area contributed by atoms with Gasteiger partial charge in [-0.25, -0.2) is 0 Å². The molecule has 0 saturated heterocycles. The number of hydrogen-bond donors (Lipinski definition) is 3. The van der Waals surface area contributed by atoms with Gasteiger partial charge in [0.2, 0.25) is 5.91 Å². The van der Waals surface area contributed by atoms with E-state index in [1.54, 1.807) is 6.08 Å². The summed E-state index contributed by atoms with van der Waals surface area (Å²) < 4.78 is 5.50. The predicted molar refractivity (Wildman–Crippen MR) is 366 cm³/mol. The van der Waals surface area contributed by atoms with Gasteiger partial charge < -0.3 is 20.3 Å². The van der Waals surface area contributed by atoms with Crippen LogP contribution in [-0.4, -0.2) is 47.4 Å². The summed E-state index contributed by atoms with van der Waals surface area (Å²) in [6, 6.07) is -0.624. The van der Waals surface area contributed by atoms with Crippen LogP contribution in [0.25, 0.3) is 0 Å². The summed E-state index contributed by atoms with van der Waals surface area (Å²) in [5, 5.41) is 23.2. The number of amides is 1. The summed E-state index contributed by atoms with van der Waals surface area (Å²) in [6.45, 7) is 4.94. The van der Waals surface area contributed by atoms with Gasteiger partial charge in [-0.15, -0.1) is 0 Å². The number of rotatable bonds is 72. The molecule has 2 atom stereocenters. The lowest BCUT2D eigenvalue weighted by atomic mass is 10.0. The maximum atomic E-state index is 12.5. The maximum Gasteiger partial charge on any atom is 0.305 e. The number of carbonyl (C=O) groups excluding carboxylic acids is 2. The first kappa shape index (κ1) is 81.3. The van der Waals surface area contributed by atoms with Gasteiger partial charge in [0.25, 0.3) is 0 Å². The van der Waals surface area contributed by atoms with Crippen LogP contribution >= 0.6 is 0 Å². The van der Waals surface area contributed by atoms with Crippen molar-refractivity contribution in [3.63, 3.8) is 0 Å². The molecule has 2 unspecified atom stereocenters. The number of hydrogen-bond acceptors (Lipinski definition) is 5. The van der Waals surface area contributed by atoms with Crippen LogP contribution in [0.2, 0.25) is 0 Å². The molecule has 3 N–H and O–H groups in total. The molecule has 0 aromatic carbocycles. The molecule has 0 rings (SSSR count). The molecule has 0 radical (unpaired) electrons. The SMILES string of the molecule is CCCCCCCCCCCCCC/C=C/C(O)C(CO)NC(=O)CCCCCCCCCCCCCCCCCCC/C=C\CCCCCCCCCCCCCCCCCCCCOC(=O)CCCCCCCCCCCCCCC. The molecule has 6 heteroatoms. The van der Waals surface area contributed by atoms with E-state index in [-0.39, 0.29) is 18.5 Å². The van der Waals surface area contributed by atoms with Gasteiger partial charge in [-0.2, -0.15) is 0 Å². The number of aliphatic hydroxyl groups is 2. The van der Waals surface area contributed by atoms with Crippen LogP contribution in [0.3, 0.4) is 0 Å². The highest BCUT2D eigenvalue weighted by Crippen LogP contribution is 2.19. The highest BCUT2D eigenvalue weighted by atomic mass is 16.5. The van der Waals surface area contributed by atoms with Crippen LogP contribution in [0.4, 0.5) is 0 Å². The molecule has 0 saturated carbocycles. The second-order valence-corrected chi connectivity index (χ2v) is 26.3. The second kappa shape index (κ2) is 72.8. The molecule has 0 aliphatic heterocycles. The minimum atomic E-state index is -0.840. The lowest BCUT2D eigenvalue weighted by Crippen LogP contribution is -2.45. The predicted octanol–water partition coefficient (Wildman–Crippen LogP) is 24.9. The van der Waals surface area contributed by atoms with E-state index in [0.717, 1.165) is 38.5 Å². The number of carbonyl (C=O) groups is 2. The Hall–Kier alpha value is -1.66. The summed E-state index contributed by atoms with van der Waals surface area (Å²) in [7, 11) is 0. The van der Waals surface area contributed by atoms with Crippen molar-refractivity contribution in [1.82, 2.24) is 5.32 Å². The minimum Gasteiger partial charge on any atom is -0.466 e. The zero-order valence-electron chi connectivity index (χ0n) is 56.5. The molecule has 0 aromatic rings. The van der Waals surface area contributed by atoms with Crippen molar-refractivity contribution in [2.45, 2.75) is 443 Å². The van der Waals surface area contributed by atoms with Crippen molar-refractivity contribution < 1.29 is 24.5 Å². The van der Waals surface area contributed by atoms with Gasteiger partial charge in [0.1, 0.15) is 0 Å². The number of unbranched alkanes of at least 4 members (excludes halogenated alkanes) is 59. The molecular weight excluding hydrogens is 1020 g/mol. The van der Waals surface area contributed by atoms with Crippen LogP contribution in [-0.2, 0) is 14.3 Å². The summed E-state index contributed by atoms with van der Waals surface area (Å²) >= 11 is 0. The molecule has 6 nitrogen and oxygen atoms in total. The Balaban J connectivity index is 3.32. The average Bonchev–Trinajstić information content (AvgIpc) is 3.49. The number of nitrogens with one attached hydrogen (secondary N) is 1. The number of ether oxygens (including phenoxy) is 1. The Morgan fingerprint density at radius 2 is 0.566 bits per heavy atom. The fourth-order valence-corrected chi connectivity index (χ4v) is 12.2. The van der Waals surface area contributed by atoms with Crippen LogP contribution in [0, 0.1) is 0 Å². The molecule has 492 valence electrons. The van der Waals surface area contributed by atoms with E-state index in [4.69, 9.17) is 4.74 Å². The van der Waals surface area contributed by atoms with Crippen molar-refractivity contribution in [3.8, 4) is 0 Å². The Kier molecular flexibility index (Phi) is 71.4. The molecule has 0 aliphatic carbocycles. The second-order valence-electron chi connectivity index (χ2n) is 26.3. The molecule has 0 bridgehead atoms. The van der Waals surface area contributed by atoms with E-state index >= 15 is 0 Å². The van der Waals surface area contributed by atoms with Gasteiger partial charge in [0.05, 0.1) is 25.4 Å². The van der Waals surface area contributed by atoms with E-state index in [1.807, 2.05) is 6.08 Å².